The molecule has 0 spiro atoms. The summed E-state index contributed by atoms with van der Waals surface area (Å²) in [5, 5.41) is 3.25. The molecule has 2 heterocycles. The lowest BCUT2D eigenvalue weighted by molar-refractivity contribution is -0.111. The van der Waals surface area contributed by atoms with Gasteiger partial charge in [0.2, 0.25) is 5.78 Å². The van der Waals surface area contributed by atoms with E-state index in [1.165, 1.54) is 56.0 Å². The van der Waals surface area contributed by atoms with Crippen LogP contribution in [0.3, 0.4) is 0 Å². The van der Waals surface area contributed by atoms with E-state index in [0.717, 1.165) is 37.6 Å². The molecule has 3 aliphatic rings. The van der Waals surface area contributed by atoms with Crippen LogP contribution in [0.4, 0.5) is 22.7 Å². The van der Waals surface area contributed by atoms with Crippen LogP contribution in [-0.2, 0) is 4.79 Å². The molecule has 1 aliphatic carbocycles. The molecule has 0 saturated carbocycles. The molecule has 5 rings (SSSR count). The molecular formula is C28H33N5O. The van der Waals surface area contributed by atoms with Gasteiger partial charge in [-0.2, -0.15) is 0 Å². The lowest BCUT2D eigenvalue weighted by Gasteiger charge is -2.29. The minimum atomic E-state index is -0.142. The summed E-state index contributed by atoms with van der Waals surface area (Å²) < 4.78 is 0. The van der Waals surface area contributed by atoms with E-state index in [9.17, 15) is 4.79 Å². The molecule has 34 heavy (non-hydrogen) atoms. The van der Waals surface area contributed by atoms with Crippen LogP contribution in [0.25, 0.3) is 0 Å². The van der Waals surface area contributed by atoms with Crippen molar-refractivity contribution in [1.29, 1.82) is 0 Å². The average Bonchev–Trinajstić information content (AvgIpc) is 2.89. The minimum Gasteiger partial charge on any atom is -0.397 e. The first kappa shape index (κ1) is 22.3. The van der Waals surface area contributed by atoms with Crippen LogP contribution in [0.2, 0.25) is 0 Å². The summed E-state index contributed by atoms with van der Waals surface area (Å²) in [5.41, 5.74) is 11.8. The Morgan fingerprint density at radius 2 is 1.24 bits per heavy atom. The number of anilines is 3. The highest BCUT2D eigenvalue weighted by atomic mass is 16.1. The third-order valence-electron chi connectivity index (χ3n) is 6.82. The Hall–Kier alpha value is -3.54. The van der Waals surface area contributed by atoms with Crippen LogP contribution in [0.15, 0.2) is 77.1 Å². The molecule has 0 atom stereocenters. The van der Waals surface area contributed by atoms with E-state index in [1.54, 1.807) is 6.08 Å². The molecule has 0 unspecified atom stereocenters. The monoisotopic (exact) mass is 455 g/mol. The highest BCUT2D eigenvalue weighted by Gasteiger charge is 2.18. The fourth-order valence-corrected chi connectivity index (χ4v) is 4.87. The number of ketones is 1. The number of hydrogen-bond donors (Lipinski definition) is 2. The zero-order valence-electron chi connectivity index (χ0n) is 19.7. The lowest BCUT2D eigenvalue weighted by Crippen LogP contribution is -2.29. The number of carbonyl (C=O) groups is 1. The maximum absolute atomic E-state index is 12.6. The van der Waals surface area contributed by atoms with Gasteiger partial charge in [-0.3, -0.25) is 4.79 Å². The predicted molar refractivity (Wildman–Crippen MR) is 141 cm³/mol. The third-order valence-corrected chi connectivity index (χ3v) is 6.82. The van der Waals surface area contributed by atoms with Crippen LogP contribution in [0.1, 0.15) is 38.5 Å². The summed E-state index contributed by atoms with van der Waals surface area (Å²) in [4.78, 5) is 22.1. The summed E-state index contributed by atoms with van der Waals surface area (Å²) in [6.07, 6.45) is 10.8. The maximum atomic E-state index is 12.6. The fourth-order valence-electron chi connectivity index (χ4n) is 4.87. The summed E-state index contributed by atoms with van der Waals surface area (Å²) in [7, 11) is 0. The molecule has 2 fully saturated rings. The molecule has 0 bridgehead atoms. The molecule has 6 nitrogen and oxygen atoms in total. The van der Waals surface area contributed by atoms with E-state index in [2.05, 4.69) is 39.4 Å². The van der Waals surface area contributed by atoms with Crippen LogP contribution in [0.5, 0.6) is 0 Å². The van der Waals surface area contributed by atoms with Gasteiger partial charge in [-0.15, -0.1) is 0 Å². The molecule has 0 aromatic heterocycles. The number of piperidine rings is 2. The Labute approximate surface area is 201 Å². The van der Waals surface area contributed by atoms with Gasteiger partial charge in [-0.05, 0) is 93.1 Å². The Kier molecular flexibility index (Phi) is 6.65. The van der Waals surface area contributed by atoms with E-state index in [4.69, 9.17) is 10.7 Å². The normalized spacial score (nSPS) is 20.2. The first-order valence-electron chi connectivity index (χ1n) is 12.4. The van der Waals surface area contributed by atoms with E-state index >= 15 is 0 Å². The van der Waals surface area contributed by atoms with Crippen molar-refractivity contribution in [3.05, 3.63) is 72.1 Å². The number of carbonyl (C=O) groups excluding carboxylic acids is 1. The summed E-state index contributed by atoms with van der Waals surface area (Å²) in [5.74, 6) is -0.142. The summed E-state index contributed by atoms with van der Waals surface area (Å²) in [6.45, 7) is 4.45. The van der Waals surface area contributed by atoms with Crippen LogP contribution < -0.4 is 20.9 Å². The van der Waals surface area contributed by atoms with Gasteiger partial charge in [-0.1, -0.05) is 0 Å². The zero-order valence-corrected chi connectivity index (χ0v) is 19.7. The second-order valence-electron chi connectivity index (χ2n) is 9.30. The standard InChI is InChI=1S/C28H33N5O/c29-25-19-28(34)27(31-22-9-13-24(14-10-22)33-17-5-2-6-18-33)20-26(25)30-21-7-11-23(12-8-21)32-15-3-1-4-16-32/h7-14,19-20,31H,1-6,15-18,29H2/b30-26+. The molecule has 2 saturated heterocycles. The van der Waals surface area contributed by atoms with Crippen LogP contribution in [0, 0.1) is 0 Å². The van der Waals surface area contributed by atoms with Crippen molar-refractivity contribution in [2.45, 2.75) is 38.5 Å². The highest BCUT2D eigenvalue weighted by Crippen LogP contribution is 2.26. The van der Waals surface area contributed by atoms with Crippen LogP contribution >= 0.6 is 0 Å². The van der Waals surface area contributed by atoms with Crippen molar-refractivity contribution >= 4 is 34.2 Å². The Morgan fingerprint density at radius 1 is 0.706 bits per heavy atom. The Balaban J connectivity index is 1.30. The summed E-state index contributed by atoms with van der Waals surface area (Å²) in [6, 6.07) is 16.5. The summed E-state index contributed by atoms with van der Waals surface area (Å²) >= 11 is 0. The molecule has 176 valence electrons. The molecule has 2 aromatic rings. The van der Waals surface area contributed by atoms with Gasteiger partial charge < -0.3 is 20.9 Å². The quantitative estimate of drug-likeness (QED) is 0.609. The Bertz CT molecular complexity index is 1100. The second kappa shape index (κ2) is 10.2. The van der Waals surface area contributed by atoms with Gasteiger partial charge >= 0.3 is 0 Å². The molecule has 0 radical (unpaired) electrons. The number of aliphatic imine (C=N–C) groups is 1. The number of nitrogens with one attached hydrogen (secondary N) is 1. The largest absolute Gasteiger partial charge is 0.397 e. The number of nitrogens with two attached hydrogens (primary N) is 1. The van der Waals surface area contributed by atoms with Crippen molar-refractivity contribution in [3.63, 3.8) is 0 Å². The van der Waals surface area contributed by atoms with Crippen molar-refractivity contribution in [2.24, 2.45) is 10.7 Å². The van der Waals surface area contributed by atoms with Gasteiger partial charge in [0.15, 0.2) is 0 Å². The zero-order chi connectivity index (χ0) is 23.3. The number of rotatable bonds is 5. The van der Waals surface area contributed by atoms with E-state index in [1.807, 2.05) is 24.3 Å². The second-order valence-corrected chi connectivity index (χ2v) is 9.30. The fraction of sp³-hybridized carbons (Fsp3) is 0.357. The molecular weight excluding hydrogens is 422 g/mol. The number of hydrogen-bond acceptors (Lipinski definition) is 6. The molecule has 3 N–H and O–H groups in total. The SMILES string of the molecule is NC1=CC(=O)C(Nc2ccc(N3CCCCC3)cc2)=C/C1=N\c1ccc(N2CCCCC2)cc1. The lowest BCUT2D eigenvalue weighted by atomic mass is 10.1. The van der Waals surface area contributed by atoms with E-state index < -0.39 is 0 Å². The van der Waals surface area contributed by atoms with E-state index in [-0.39, 0.29) is 5.78 Å². The minimum absolute atomic E-state index is 0.142. The first-order valence-corrected chi connectivity index (χ1v) is 12.4. The molecule has 6 heteroatoms. The van der Waals surface area contributed by atoms with E-state index in [0.29, 0.717) is 17.1 Å². The van der Waals surface area contributed by atoms with Gasteiger partial charge in [0.25, 0.3) is 0 Å². The average molecular weight is 456 g/mol. The van der Waals surface area contributed by atoms with Crippen molar-refractivity contribution in [3.8, 4) is 0 Å². The van der Waals surface area contributed by atoms with Gasteiger partial charge in [0.05, 0.1) is 22.8 Å². The molecule has 0 amide bonds. The van der Waals surface area contributed by atoms with Gasteiger partial charge in [-0.25, -0.2) is 4.99 Å². The Morgan fingerprint density at radius 3 is 1.79 bits per heavy atom. The number of nitrogens with zero attached hydrogens (tertiary/aromatic N) is 3. The van der Waals surface area contributed by atoms with Crippen molar-refractivity contribution in [1.82, 2.24) is 0 Å². The third kappa shape index (κ3) is 5.16. The predicted octanol–water partition coefficient (Wildman–Crippen LogP) is 5.16. The topological polar surface area (TPSA) is 74.0 Å². The first-order chi connectivity index (χ1) is 16.7. The van der Waals surface area contributed by atoms with Crippen LogP contribution in [-0.4, -0.2) is 37.7 Å². The van der Waals surface area contributed by atoms with Gasteiger partial charge in [0, 0.05) is 49.3 Å². The smallest absolute Gasteiger partial charge is 0.204 e. The molecule has 2 aromatic carbocycles. The maximum Gasteiger partial charge on any atom is 0.204 e. The van der Waals surface area contributed by atoms with Crippen molar-refractivity contribution in [2.75, 3.05) is 41.3 Å². The number of allylic oxidation sites excluding steroid dienone is 2. The van der Waals surface area contributed by atoms with Crippen molar-refractivity contribution < 1.29 is 4.79 Å². The highest BCUT2D eigenvalue weighted by molar-refractivity contribution is 6.23. The number of benzene rings is 2. The van der Waals surface area contributed by atoms with Gasteiger partial charge in [0.1, 0.15) is 0 Å². The molecule has 2 aliphatic heterocycles.